The van der Waals surface area contributed by atoms with Gasteiger partial charge in [-0.05, 0) is 45.0 Å². The maximum atomic E-state index is 13.5. The molecule has 156 valence electrons. The number of amides is 1. The minimum absolute atomic E-state index is 0.197. The molecule has 0 N–H and O–H groups in total. The molecule has 0 bridgehead atoms. The molecule has 2 atom stereocenters. The van der Waals surface area contributed by atoms with Gasteiger partial charge in [0.1, 0.15) is 17.0 Å². The minimum atomic E-state index is -0.676. The fourth-order valence-corrected chi connectivity index (χ4v) is 5.12. The number of benzene rings is 1. The number of carbonyl (C=O) groups excluding carboxylic acids is 2. The van der Waals surface area contributed by atoms with Crippen LogP contribution >= 0.6 is 23.4 Å². The Bertz CT molecular complexity index is 1090. The van der Waals surface area contributed by atoms with Crippen LogP contribution in [0.2, 0.25) is 5.02 Å². The average molecular weight is 444 g/mol. The van der Waals surface area contributed by atoms with E-state index in [2.05, 4.69) is 4.98 Å². The molecule has 1 aliphatic rings. The number of ether oxygens (including phenoxy) is 1. The Kier molecular flexibility index (Phi) is 5.51. The van der Waals surface area contributed by atoms with E-state index < -0.39 is 17.7 Å². The molecule has 1 amide bonds. The fourth-order valence-electron chi connectivity index (χ4n) is 3.50. The quantitative estimate of drug-likeness (QED) is 0.532. The van der Waals surface area contributed by atoms with Gasteiger partial charge in [0.15, 0.2) is 0 Å². The van der Waals surface area contributed by atoms with Crippen LogP contribution in [0.5, 0.6) is 0 Å². The van der Waals surface area contributed by atoms with Crippen LogP contribution < -0.4 is 0 Å². The lowest BCUT2D eigenvalue weighted by Gasteiger charge is -2.31. The van der Waals surface area contributed by atoms with Gasteiger partial charge in [0, 0.05) is 40.3 Å². The summed E-state index contributed by atoms with van der Waals surface area (Å²) in [6.07, 6.45) is 4.58. The number of halogens is 1. The van der Waals surface area contributed by atoms with Crippen molar-refractivity contribution < 1.29 is 14.3 Å². The van der Waals surface area contributed by atoms with Crippen LogP contribution in [0.3, 0.4) is 0 Å². The maximum absolute atomic E-state index is 13.5. The highest BCUT2D eigenvalue weighted by molar-refractivity contribution is 7.99. The minimum Gasteiger partial charge on any atom is -0.444 e. The highest BCUT2D eigenvalue weighted by Gasteiger charge is 2.45. The lowest BCUT2D eigenvalue weighted by molar-refractivity contribution is 0.0160. The van der Waals surface area contributed by atoms with Crippen molar-refractivity contribution in [2.24, 2.45) is 0 Å². The maximum Gasteiger partial charge on any atom is 0.412 e. The third kappa shape index (κ3) is 3.91. The molecular formula is C22H22ClN3O3S. The molecule has 1 aliphatic heterocycles. The van der Waals surface area contributed by atoms with Crippen LogP contribution in [0.25, 0.3) is 10.9 Å². The molecule has 1 fully saturated rings. The Hall–Kier alpha value is -2.51. The number of carbonyl (C=O) groups is 2. The summed E-state index contributed by atoms with van der Waals surface area (Å²) in [5.41, 5.74) is 0.890. The Morgan fingerprint density at radius 1 is 1.20 bits per heavy atom. The Morgan fingerprint density at radius 3 is 2.70 bits per heavy atom. The SMILES string of the molecule is CC(C)(C)OC(=O)N1C(c2cccnc2)SC[C@H]1C(=O)n1ccc2c(Cl)cccc21. The average Bonchev–Trinajstić information content (AvgIpc) is 3.32. The summed E-state index contributed by atoms with van der Waals surface area (Å²) in [5.74, 6) is 0.259. The van der Waals surface area contributed by atoms with Crippen LogP contribution in [-0.4, -0.2) is 43.8 Å². The van der Waals surface area contributed by atoms with Crippen LogP contribution in [-0.2, 0) is 4.74 Å². The van der Waals surface area contributed by atoms with E-state index in [1.54, 1.807) is 29.2 Å². The van der Waals surface area contributed by atoms with Gasteiger partial charge < -0.3 is 4.74 Å². The smallest absolute Gasteiger partial charge is 0.412 e. The summed E-state index contributed by atoms with van der Waals surface area (Å²) in [4.78, 5) is 32.4. The largest absolute Gasteiger partial charge is 0.444 e. The number of rotatable bonds is 2. The second kappa shape index (κ2) is 7.96. The second-order valence-corrected chi connectivity index (χ2v) is 9.59. The zero-order valence-corrected chi connectivity index (χ0v) is 18.5. The highest BCUT2D eigenvalue weighted by atomic mass is 35.5. The van der Waals surface area contributed by atoms with Crippen molar-refractivity contribution in [2.45, 2.75) is 37.8 Å². The number of nitrogens with zero attached hydrogens (tertiary/aromatic N) is 3. The van der Waals surface area contributed by atoms with Gasteiger partial charge in [-0.25, -0.2) is 4.79 Å². The summed E-state index contributed by atoms with van der Waals surface area (Å²) >= 11 is 7.79. The van der Waals surface area contributed by atoms with Crippen LogP contribution in [0.1, 0.15) is 36.5 Å². The number of fused-ring (bicyclic) bond motifs is 1. The second-order valence-electron chi connectivity index (χ2n) is 8.07. The first-order chi connectivity index (χ1) is 14.3. The molecule has 30 heavy (non-hydrogen) atoms. The van der Waals surface area contributed by atoms with E-state index in [-0.39, 0.29) is 11.3 Å². The monoisotopic (exact) mass is 443 g/mol. The molecule has 0 aliphatic carbocycles. The number of aromatic nitrogens is 2. The van der Waals surface area contributed by atoms with Crippen molar-refractivity contribution in [3.05, 3.63) is 65.6 Å². The molecule has 0 radical (unpaired) electrons. The van der Waals surface area contributed by atoms with E-state index in [1.807, 2.05) is 51.1 Å². The number of hydrogen-bond acceptors (Lipinski definition) is 5. The fraction of sp³-hybridized carbons (Fsp3) is 0.318. The normalized spacial score (nSPS) is 19.3. The predicted octanol–water partition coefficient (Wildman–Crippen LogP) is 5.38. The summed E-state index contributed by atoms with van der Waals surface area (Å²) in [6.45, 7) is 5.43. The van der Waals surface area contributed by atoms with Gasteiger partial charge in [-0.2, -0.15) is 0 Å². The van der Waals surface area contributed by atoms with Crippen LogP contribution in [0.15, 0.2) is 55.0 Å². The van der Waals surface area contributed by atoms with Gasteiger partial charge in [-0.15, -0.1) is 11.8 Å². The highest BCUT2D eigenvalue weighted by Crippen LogP contribution is 2.42. The lowest BCUT2D eigenvalue weighted by Crippen LogP contribution is -2.46. The molecule has 3 aromatic rings. The van der Waals surface area contributed by atoms with Gasteiger partial charge in [0.25, 0.3) is 5.91 Å². The van der Waals surface area contributed by atoms with Crippen molar-refractivity contribution in [3.8, 4) is 0 Å². The molecule has 3 heterocycles. The molecular weight excluding hydrogens is 422 g/mol. The van der Waals surface area contributed by atoms with Gasteiger partial charge in [-0.1, -0.05) is 23.7 Å². The molecule has 1 unspecified atom stereocenters. The summed E-state index contributed by atoms with van der Waals surface area (Å²) in [5, 5.41) is 1.02. The third-order valence-electron chi connectivity index (χ3n) is 4.78. The zero-order chi connectivity index (χ0) is 21.5. The first kappa shape index (κ1) is 20.8. The van der Waals surface area contributed by atoms with Crippen molar-refractivity contribution in [2.75, 3.05) is 5.75 Å². The zero-order valence-electron chi connectivity index (χ0n) is 16.9. The summed E-state index contributed by atoms with van der Waals surface area (Å²) < 4.78 is 7.21. The molecule has 2 aromatic heterocycles. The molecule has 8 heteroatoms. The van der Waals surface area contributed by atoms with E-state index in [9.17, 15) is 9.59 Å². The van der Waals surface area contributed by atoms with Crippen LogP contribution in [0, 0.1) is 0 Å². The van der Waals surface area contributed by atoms with Crippen molar-refractivity contribution >= 4 is 46.3 Å². The van der Waals surface area contributed by atoms with E-state index >= 15 is 0 Å². The summed E-state index contributed by atoms with van der Waals surface area (Å²) in [7, 11) is 0. The first-order valence-electron chi connectivity index (χ1n) is 9.59. The van der Waals surface area contributed by atoms with Crippen LogP contribution in [0.4, 0.5) is 4.79 Å². The number of thioether (sulfide) groups is 1. The molecule has 1 saturated heterocycles. The van der Waals surface area contributed by atoms with Crippen molar-refractivity contribution in [1.82, 2.24) is 14.5 Å². The van der Waals surface area contributed by atoms with Gasteiger partial charge in [0.05, 0.1) is 5.52 Å². The summed E-state index contributed by atoms with van der Waals surface area (Å²) in [6, 6.07) is 10.3. The van der Waals surface area contributed by atoms with Crippen molar-refractivity contribution in [1.29, 1.82) is 0 Å². The Labute approximate surface area is 184 Å². The molecule has 0 saturated carbocycles. The molecule has 1 aromatic carbocycles. The van der Waals surface area contributed by atoms with E-state index in [0.717, 1.165) is 10.9 Å². The molecule has 6 nitrogen and oxygen atoms in total. The first-order valence-corrected chi connectivity index (χ1v) is 11.0. The number of hydrogen-bond donors (Lipinski definition) is 0. The predicted molar refractivity (Wildman–Crippen MR) is 119 cm³/mol. The van der Waals surface area contributed by atoms with Gasteiger partial charge in [-0.3, -0.25) is 19.2 Å². The van der Waals surface area contributed by atoms with E-state index in [1.165, 1.54) is 16.7 Å². The van der Waals surface area contributed by atoms with Gasteiger partial charge >= 0.3 is 6.09 Å². The number of pyridine rings is 1. The van der Waals surface area contributed by atoms with Crippen molar-refractivity contribution in [3.63, 3.8) is 0 Å². The van der Waals surface area contributed by atoms with E-state index in [4.69, 9.17) is 16.3 Å². The van der Waals surface area contributed by atoms with Gasteiger partial charge in [0.2, 0.25) is 0 Å². The molecule has 0 spiro atoms. The lowest BCUT2D eigenvalue weighted by atomic mass is 10.2. The Morgan fingerprint density at radius 2 is 2.00 bits per heavy atom. The molecule has 4 rings (SSSR count). The third-order valence-corrected chi connectivity index (χ3v) is 6.43. The van der Waals surface area contributed by atoms with E-state index in [0.29, 0.717) is 16.3 Å². The Balaban J connectivity index is 1.72. The standard InChI is InChI=1S/C22H22ClN3O3S/c1-22(2,3)29-21(28)26-18(13-30-20(26)14-6-5-10-24-12-14)19(27)25-11-9-15-16(23)7-4-8-17(15)25/h4-12,18,20H,13H2,1-3H3/t18-,20?/m0/s1. The topological polar surface area (TPSA) is 64.4 Å².